The summed E-state index contributed by atoms with van der Waals surface area (Å²) in [5.41, 5.74) is 2.03. The van der Waals surface area contributed by atoms with E-state index in [0.717, 1.165) is 12.1 Å². The van der Waals surface area contributed by atoms with Gasteiger partial charge in [0.1, 0.15) is 0 Å². The van der Waals surface area contributed by atoms with Gasteiger partial charge in [0.2, 0.25) is 0 Å². The summed E-state index contributed by atoms with van der Waals surface area (Å²) in [6.07, 6.45) is 1.21. The Morgan fingerprint density at radius 2 is 1.92 bits per heavy atom. The van der Waals surface area contributed by atoms with Crippen molar-refractivity contribution < 1.29 is 0 Å². The van der Waals surface area contributed by atoms with Gasteiger partial charge in [-0.3, -0.25) is 0 Å². The molecular formula is C10H11ClN2. The molecule has 3 heteroatoms. The molecule has 0 radical (unpaired) electrons. The van der Waals surface area contributed by atoms with Gasteiger partial charge in [-0.25, -0.2) is 0 Å². The van der Waals surface area contributed by atoms with Crippen LogP contribution in [-0.2, 0) is 0 Å². The smallest absolute Gasteiger partial charge is 0.0991 e. The Morgan fingerprint density at radius 3 is 2.31 bits per heavy atom. The SMILES string of the molecule is Cl.N#Cc1ccc([C@H]2CCN2)cc1. The fourth-order valence-electron chi connectivity index (χ4n) is 1.36. The van der Waals surface area contributed by atoms with Gasteiger partial charge in [-0.2, -0.15) is 5.26 Å². The molecule has 0 unspecified atom stereocenters. The van der Waals surface area contributed by atoms with Crippen LogP contribution in [0.2, 0.25) is 0 Å². The molecule has 0 amide bonds. The monoisotopic (exact) mass is 194 g/mol. The second kappa shape index (κ2) is 4.27. The third kappa shape index (κ3) is 2.00. The predicted octanol–water partition coefficient (Wildman–Crippen LogP) is 2.01. The van der Waals surface area contributed by atoms with Gasteiger partial charge in [0.25, 0.3) is 0 Å². The van der Waals surface area contributed by atoms with Gasteiger partial charge in [-0.15, -0.1) is 12.4 Å². The fraction of sp³-hybridized carbons (Fsp3) is 0.300. The Balaban J connectivity index is 0.000000845. The van der Waals surface area contributed by atoms with Gasteiger partial charge >= 0.3 is 0 Å². The van der Waals surface area contributed by atoms with Crippen LogP contribution in [0, 0.1) is 11.3 Å². The van der Waals surface area contributed by atoms with Gasteiger partial charge in [-0.05, 0) is 30.7 Å². The van der Waals surface area contributed by atoms with Crippen molar-refractivity contribution >= 4 is 12.4 Å². The summed E-state index contributed by atoms with van der Waals surface area (Å²) in [5.74, 6) is 0. The molecule has 1 fully saturated rings. The number of nitriles is 1. The summed E-state index contributed by atoms with van der Waals surface area (Å²) in [4.78, 5) is 0. The minimum Gasteiger partial charge on any atom is -0.310 e. The van der Waals surface area contributed by atoms with E-state index in [9.17, 15) is 0 Å². The number of rotatable bonds is 1. The van der Waals surface area contributed by atoms with E-state index in [4.69, 9.17) is 5.26 Å². The summed E-state index contributed by atoms with van der Waals surface area (Å²) in [5, 5.41) is 11.9. The number of halogens is 1. The van der Waals surface area contributed by atoms with Crippen LogP contribution in [0.3, 0.4) is 0 Å². The van der Waals surface area contributed by atoms with Gasteiger partial charge in [-0.1, -0.05) is 12.1 Å². The molecule has 2 nitrogen and oxygen atoms in total. The lowest BCUT2D eigenvalue weighted by Gasteiger charge is -2.27. The van der Waals surface area contributed by atoms with Crippen LogP contribution in [0.5, 0.6) is 0 Å². The number of nitrogens with one attached hydrogen (secondary N) is 1. The van der Waals surface area contributed by atoms with Crippen LogP contribution in [0.1, 0.15) is 23.6 Å². The van der Waals surface area contributed by atoms with Crippen molar-refractivity contribution in [3.05, 3.63) is 35.4 Å². The lowest BCUT2D eigenvalue weighted by molar-refractivity contribution is 0.383. The first kappa shape index (κ1) is 10.0. The van der Waals surface area contributed by atoms with E-state index < -0.39 is 0 Å². The van der Waals surface area contributed by atoms with Crippen molar-refractivity contribution in [1.82, 2.24) is 5.32 Å². The molecule has 1 aromatic carbocycles. The maximum atomic E-state index is 8.57. The van der Waals surface area contributed by atoms with E-state index >= 15 is 0 Å². The summed E-state index contributed by atoms with van der Waals surface area (Å²) in [6.45, 7) is 1.12. The molecule has 1 atom stereocenters. The van der Waals surface area contributed by atoms with Crippen molar-refractivity contribution in [3.8, 4) is 6.07 Å². The van der Waals surface area contributed by atoms with Gasteiger partial charge in [0, 0.05) is 6.04 Å². The van der Waals surface area contributed by atoms with E-state index in [1.165, 1.54) is 12.0 Å². The van der Waals surface area contributed by atoms with Crippen LogP contribution >= 0.6 is 12.4 Å². The number of hydrogen-bond acceptors (Lipinski definition) is 2. The highest BCUT2D eigenvalue weighted by molar-refractivity contribution is 5.85. The zero-order valence-corrected chi connectivity index (χ0v) is 7.97. The first-order chi connectivity index (χ1) is 5.90. The normalized spacial score (nSPS) is 19.5. The van der Waals surface area contributed by atoms with Crippen molar-refractivity contribution in [1.29, 1.82) is 5.26 Å². The molecule has 1 aliphatic rings. The van der Waals surface area contributed by atoms with Crippen molar-refractivity contribution in [2.24, 2.45) is 0 Å². The van der Waals surface area contributed by atoms with E-state index in [1.54, 1.807) is 0 Å². The molecule has 0 aliphatic carbocycles. The Morgan fingerprint density at radius 1 is 1.31 bits per heavy atom. The molecule has 0 aromatic heterocycles. The standard InChI is InChI=1S/C10H10N2.ClH/c11-7-8-1-3-9(4-2-8)10-5-6-12-10;/h1-4,10,12H,5-6H2;1H/t10-;/m1./s1. The third-order valence-electron chi connectivity index (χ3n) is 2.27. The van der Waals surface area contributed by atoms with E-state index in [0.29, 0.717) is 6.04 Å². The number of nitrogens with zero attached hydrogens (tertiary/aromatic N) is 1. The van der Waals surface area contributed by atoms with Gasteiger partial charge in [0.15, 0.2) is 0 Å². The quantitative estimate of drug-likeness (QED) is 0.743. The van der Waals surface area contributed by atoms with Crippen LogP contribution in [-0.4, -0.2) is 6.54 Å². The number of benzene rings is 1. The summed E-state index contributed by atoms with van der Waals surface area (Å²) in [7, 11) is 0. The molecule has 13 heavy (non-hydrogen) atoms. The first-order valence-corrected chi connectivity index (χ1v) is 4.13. The van der Waals surface area contributed by atoms with Gasteiger partial charge in [0.05, 0.1) is 11.6 Å². The average molecular weight is 195 g/mol. The largest absolute Gasteiger partial charge is 0.310 e. The third-order valence-corrected chi connectivity index (χ3v) is 2.27. The molecule has 1 heterocycles. The molecule has 68 valence electrons. The zero-order chi connectivity index (χ0) is 8.39. The Bertz CT molecular complexity index is 309. The molecule has 1 N–H and O–H groups in total. The molecule has 0 bridgehead atoms. The summed E-state index contributed by atoms with van der Waals surface area (Å²) >= 11 is 0. The zero-order valence-electron chi connectivity index (χ0n) is 7.16. The minimum atomic E-state index is 0. The van der Waals surface area contributed by atoms with Crippen LogP contribution < -0.4 is 5.32 Å². The second-order valence-electron chi connectivity index (χ2n) is 3.03. The fourth-order valence-corrected chi connectivity index (χ4v) is 1.36. The molecule has 1 aromatic rings. The minimum absolute atomic E-state index is 0. The second-order valence-corrected chi connectivity index (χ2v) is 3.03. The van der Waals surface area contributed by atoms with Gasteiger partial charge < -0.3 is 5.32 Å². The molecule has 1 saturated heterocycles. The molecule has 0 spiro atoms. The Kier molecular flexibility index (Phi) is 3.30. The molecule has 2 rings (SSSR count). The summed E-state index contributed by atoms with van der Waals surface area (Å²) in [6, 6.07) is 10.4. The average Bonchev–Trinajstić information content (AvgIpc) is 2.03. The van der Waals surface area contributed by atoms with E-state index in [2.05, 4.69) is 11.4 Å². The van der Waals surface area contributed by atoms with Crippen molar-refractivity contribution in [2.45, 2.75) is 12.5 Å². The topological polar surface area (TPSA) is 35.8 Å². The predicted molar refractivity (Wildman–Crippen MR) is 53.8 cm³/mol. The van der Waals surface area contributed by atoms with Crippen molar-refractivity contribution in [3.63, 3.8) is 0 Å². The first-order valence-electron chi connectivity index (χ1n) is 4.13. The van der Waals surface area contributed by atoms with E-state index in [1.807, 2.05) is 24.3 Å². The lowest BCUT2D eigenvalue weighted by Crippen LogP contribution is -2.34. The van der Waals surface area contributed by atoms with Crippen LogP contribution in [0.4, 0.5) is 0 Å². The molecule has 1 aliphatic heterocycles. The molecular weight excluding hydrogens is 184 g/mol. The number of hydrogen-bond donors (Lipinski definition) is 1. The van der Waals surface area contributed by atoms with E-state index in [-0.39, 0.29) is 12.4 Å². The van der Waals surface area contributed by atoms with Crippen LogP contribution in [0.15, 0.2) is 24.3 Å². The highest BCUT2D eigenvalue weighted by Gasteiger charge is 2.17. The maximum absolute atomic E-state index is 8.57. The molecule has 0 saturated carbocycles. The highest BCUT2D eigenvalue weighted by atomic mass is 35.5. The Hall–Kier alpha value is -1.04. The highest BCUT2D eigenvalue weighted by Crippen LogP contribution is 2.22. The summed E-state index contributed by atoms with van der Waals surface area (Å²) < 4.78 is 0. The Labute approximate surface area is 84.0 Å². The maximum Gasteiger partial charge on any atom is 0.0991 e. The van der Waals surface area contributed by atoms with Crippen molar-refractivity contribution in [2.75, 3.05) is 6.54 Å². The lowest BCUT2D eigenvalue weighted by atomic mass is 9.97. The van der Waals surface area contributed by atoms with Crippen LogP contribution in [0.25, 0.3) is 0 Å².